The van der Waals surface area contributed by atoms with E-state index in [0.29, 0.717) is 0 Å². The molecule has 0 fully saturated rings. The van der Waals surface area contributed by atoms with Crippen LogP contribution in [0.25, 0.3) is 10.8 Å². The fourth-order valence-corrected chi connectivity index (χ4v) is 2.99. The summed E-state index contributed by atoms with van der Waals surface area (Å²) in [5.74, 6) is -0.207. The van der Waals surface area contributed by atoms with E-state index in [4.69, 9.17) is 0 Å². The number of fused-ring (bicyclic) bond motifs is 1. The standard InChI is InChI=1S/C17H12BrF/c18-17(13-8-10-14(19)11-9-13)16-7-3-5-12-4-1-2-6-15(12)16/h1-11,17H. The maximum absolute atomic E-state index is 13.0. The van der Waals surface area contributed by atoms with Crippen molar-refractivity contribution >= 4 is 26.7 Å². The second-order valence-corrected chi connectivity index (χ2v) is 5.40. The minimum absolute atomic E-state index is 0.0687. The summed E-state index contributed by atoms with van der Waals surface area (Å²) in [5.41, 5.74) is 2.25. The van der Waals surface area contributed by atoms with Crippen LogP contribution in [0.2, 0.25) is 0 Å². The molecule has 1 atom stereocenters. The maximum atomic E-state index is 13.0. The Morgan fingerprint density at radius 2 is 1.47 bits per heavy atom. The molecule has 0 saturated carbocycles. The molecule has 0 aliphatic rings. The lowest BCUT2D eigenvalue weighted by atomic mass is 9.98. The molecule has 3 aromatic rings. The molecule has 0 saturated heterocycles. The average Bonchev–Trinajstić information content (AvgIpc) is 2.47. The first-order valence-corrected chi connectivity index (χ1v) is 7.04. The molecule has 0 aliphatic heterocycles. The number of hydrogen-bond donors (Lipinski definition) is 0. The average molecular weight is 315 g/mol. The van der Waals surface area contributed by atoms with Crippen molar-refractivity contribution in [3.63, 3.8) is 0 Å². The van der Waals surface area contributed by atoms with Gasteiger partial charge in [0.05, 0.1) is 4.83 Å². The van der Waals surface area contributed by atoms with Crippen molar-refractivity contribution in [2.45, 2.75) is 4.83 Å². The topological polar surface area (TPSA) is 0 Å². The van der Waals surface area contributed by atoms with Gasteiger partial charge in [-0.25, -0.2) is 4.39 Å². The number of alkyl halides is 1. The number of halogens is 2. The Morgan fingerprint density at radius 3 is 2.26 bits per heavy atom. The fraction of sp³-hybridized carbons (Fsp3) is 0.0588. The quantitative estimate of drug-likeness (QED) is 0.551. The van der Waals surface area contributed by atoms with Gasteiger partial charge in [0.1, 0.15) is 5.82 Å². The Balaban J connectivity index is 2.11. The summed E-state index contributed by atoms with van der Waals surface area (Å²) in [6.07, 6.45) is 0. The molecule has 0 bridgehead atoms. The third-order valence-corrected chi connectivity index (χ3v) is 4.28. The lowest BCUT2D eigenvalue weighted by Gasteiger charge is -2.13. The van der Waals surface area contributed by atoms with Crippen molar-refractivity contribution in [2.75, 3.05) is 0 Å². The van der Waals surface area contributed by atoms with Gasteiger partial charge < -0.3 is 0 Å². The van der Waals surface area contributed by atoms with Crippen LogP contribution in [-0.4, -0.2) is 0 Å². The lowest BCUT2D eigenvalue weighted by molar-refractivity contribution is 0.627. The van der Waals surface area contributed by atoms with Gasteiger partial charge >= 0.3 is 0 Å². The van der Waals surface area contributed by atoms with Crippen molar-refractivity contribution in [3.8, 4) is 0 Å². The summed E-state index contributed by atoms with van der Waals surface area (Å²) in [4.78, 5) is 0.0687. The molecule has 2 heteroatoms. The molecule has 94 valence electrons. The minimum Gasteiger partial charge on any atom is -0.207 e. The van der Waals surface area contributed by atoms with Crippen molar-refractivity contribution < 1.29 is 4.39 Å². The summed E-state index contributed by atoms with van der Waals surface area (Å²) in [6.45, 7) is 0. The zero-order valence-electron chi connectivity index (χ0n) is 10.2. The first kappa shape index (κ1) is 12.4. The van der Waals surface area contributed by atoms with Gasteiger partial charge in [-0.15, -0.1) is 0 Å². The van der Waals surface area contributed by atoms with Gasteiger partial charge in [-0.2, -0.15) is 0 Å². The zero-order valence-corrected chi connectivity index (χ0v) is 11.8. The Kier molecular flexibility index (Phi) is 3.34. The normalized spacial score (nSPS) is 12.5. The molecule has 19 heavy (non-hydrogen) atoms. The van der Waals surface area contributed by atoms with E-state index >= 15 is 0 Å². The predicted octanol–water partition coefficient (Wildman–Crippen LogP) is 5.46. The van der Waals surface area contributed by atoms with Gasteiger partial charge in [-0.1, -0.05) is 70.5 Å². The second-order valence-electron chi connectivity index (χ2n) is 4.48. The van der Waals surface area contributed by atoms with Gasteiger partial charge in [0.25, 0.3) is 0 Å². The highest BCUT2D eigenvalue weighted by atomic mass is 79.9. The van der Waals surface area contributed by atoms with Gasteiger partial charge in [0.2, 0.25) is 0 Å². The van der Waals surface area contributed by atoms with Crippen LogP contribution in [0.15, 0.2) is 66.7 Å². The molecule has 0 N–H and O–H groups in total. The molecule has 0 nitrogen and oxygen atoms in total. The van der Waals surface area contributed by atoms with E-state index in [0.717, 1.165) is 5.56 Å². The van der Waals surface area contributed by atoms with Gasteiger partial charge in [-0.3, -0.25) is 0 Å². The molecular weight excluding hydrogens is 303 g/mol. The van der Waals surface area contributed by atoms with E-state index in [1.807, 2.05) is 24.3 Å². The fourth-order valence-electron chi connectivity index (χ4n) is 2.28. The Hall–Kier alpha value is -1.67. The highest BCUT2D eigenvalue weighted by Gasteiger charge is 2.12. The van der Waals surface area contributed by atoms with Crippen LogP contribution in [-0.2, 0) is 0 Å². The molecule has 3 rings (SSSR count). The molecule has 0 aromatic heterocycles. The zero-order chi connectivity index (χ0) is 13.2. The van der Waals surface area contributed by atoms with Crippen LogP contribution >= 0.6 is 15.9 Å². The highest BCUT2D eigenvalue weighted by molar-refractivity contribution is 9.09. The van der Waals surface area contributed by atoms with Crippen LogP contribution in [0.1, 0.15) is 16.0 Å². The van der Waals surface area contributed by atoms with Crippen LogP contribution in [0.4, 0.5) is 4.39 Å². The third kappa shape index (κ3) is 2.41. The van der Waals surface area contributed by atoms with Crippen LogP contribution in [0.5, 0.6) is 0 Å². The van der Waals surface area contributed by atoms with E-state index < -0.39 is 0 Å². The Morgan fingerprint density at radius 1 is 0.789 bits per heavy atom. The second kappa shape index (κ2) is 5.14. The first-order valence-electron chi connectivity index (χ1n) is 6.13. The minimum atomic E-state index is -0.207. The Bertz CT molecular complexity index is 699. The van der Waals surface area contributed by atoms with Crippen molar-refractivity contribution in [1.29, 1.82) is 0 Å². The molecule has 0 amide bonds. The number of hydrogen-bond acceptors (Lipinski definition) is 0. The summed E-state index contributed by atoms with van der Waals surface area (Å²) in [5, 5.41) is 2.43. The van der Waals surface area contributed by atoms with Crippen LogP contribution in [0, 0.1) is 5.82 Å². The molecular formula is C17H12BrF. The van der Waals surface area contributed by atoms with Crippen molar-refractivity contribution in [3.05, 3.63) is 83.7 Å². The summed E-state index contributed by atoms with van der Waals surface area (Å²) in [7, 11) is 0. The van der Waals surface area contributed by atoms with Crippen LogP contribution in [0.3, 0.4) is 0 Å². The molecule has 0 radical (unpaired) electrons. The van der Waals surface area contributed by atoms with E-state index in [2.05, 4.69) is 46.3 Å². The molecule has 0 spiro atoms. The largest absolute Gasteiger partial charge is 0.207 e. The van der Waals surface area contributed by atoms with Gasteiger partial charge in [0.15, 0.2) is 0 Å². The summed E-state index contributed by atoms with van der Waals surface area (Å²) >= 11 is 3.72. The SMILES string of the molecule is Fc1ccc(C(Br)c2cccc3ccccc23)cc1. The van der Waals surface area contributed by atoms with Crippen molar-refractivity contribution in [1.82, 2.24) is 0 Å². The van der Waals surface area contributed by atoms with Crippen LogP contribution < -0.4 is 0 Å². The smallest absolute Gasteiger partial charge is 0.123 e. The Labute approximate surface area is 120 Å². The van der Waals surface area contributed by atoms with Gasteiger partial charge in [0, 0.05) is 0 Å². The van der Waals surface area contributed by atoms with E-state index in [9.17, 15) is 4.39 Å². The lowest BCUT2D eigenvalue weighted by Crippen LogP contribution is -1.94. The third-order valence-electron chi connectivity index (χ3n) is 3.26. The van der Waals surface area contributed by atoms with E-state index in [-0.39, 0.29) is 10.6 Å². The first-order chi connectivity index (χ1) is 9.25. The molecule has 3 aromatic carbocycles. The maximum Gasteiger partial charge on any atom is 0.123 e. The van der Waals surface area contributed by atoms with Gasteiger partial charge in [-0.05, 0) is 34.0 Å². The predicted molar refractivity (Wildman–Crippen MR) is 81.1 cm³/mol. The highest BCUT2D eigenvalue weighted by Crippen LogP contribution is 2.35. The molecule has 0 heterocycles. The van der Waals surface area contributed by atoms with E-state index in [1.54, 1.807) is 0 Å². The van der Waals surface area contributed by atoms with E-state index in [1.165, 1.54) is 28.5 Å². The molecule has 1 unspecified atom stereocenters. The monoisotopic (exact) mass is 314 g/mol. The number of benzene rings is 3. The summed E-state index contributed by atoms with van der Waals surface area (Å²) < 4.78 is 13.0. The van der Waals surface area contributed by atoms with Crippen molar-refractivity contribution in [2.24, 2.45) is 0 Å². The number of rotatable bonds is 2. The summed E-state index contributed by atoms with van der Waals surface area (Å²) in [6, 6.07) is 21.2. The molecule has 0 aliphatic carbocycles.